The molecule has 96 valence electrons. The zero-order valence-electron chi connectivity index (χ0n) is 10.8. The van der Waals surface area contributed by atoms with Gasteiger partial charge in [-0.15, -0.1) is 24.0 Å². The van der Waals surface area contributed by atoms with Crippen LogP contribution in [0.5, 0.6) is 0 Å². The van der Waals surface area contributed by atoms with Crippen molar-refractivity contribution in [3.8, 4) is 0 Å². The molecule has 0 spiro atoms. The molecular formula is C12H26IN3. The Hall–Kier alpha value is 0. The number of nitrogens with zero attached hydrogens (tertiary/aromatic N) is 1. The third-order valence-electron chi connectivity index (χ3n) is 3.56. The maximum Gasteiger partial charge on any atom is 0.190 e. The van der Waals surface area contributed by atoms with Crippen LogP contribution < -0.4 is 10.6 Å². The highest BCUT2D eigenvalue weighted by Crippen LogP contribution is 2.29. The molecule has 0 aromatic carbocycles. The van der Waals surface area contributed by atoms with E-state index in [0.29, 0.717) is 0 Å². The van der Waals surface area contributed by atoms with Gasteiger partial charge in [-0.3, -0.25) is 4.99 Å². The Kier molecular flexibility index (Phi) is 9.07. The van der Waals surface area contributed by atoms with E-state index in [1.807, 2.05) is 14.1 Å². The second-order valence-corrected chi connectivity index (χ2v) is 4.50. The Bertz CT molecular complexity index is 198. The fraction of sp³-hybridized carbons (Fsp3) is 0.917. The molecule has 2 N–H and O–H groups in total. The molecule has 16 heavy (non-hydrogen) atoms. The van der Waals surface area contributed by atoms with Crippen LogP contribution in [-0.4, -0.2) is 26.6 Å². The zero-order chi connectivity index (χ0) is 11.1. The molecule has 0 aromatic heterocycles. The zero-order valence-corrected chi connectivity index (χ0v) is 13.1. The summed E-state index contributed by atoms with van der Waals surface area (Å²) in [5, 5.41) is 6.41. The van der Waals surface area contributed by atoms with Crippen molar-refractivity contribution in [1.82, 2.24) is 10.6 Å². The molecule has 0 radical (unpaired) electrons. The second kappa shape index (κ2) is 9.07. The summed E-state index contributed by atoms with van der Waals surface area (Å²) < 4.78 is 0. The summed E-state index contributed by atoms with van der Waals surface area (Å²) in [6.45, 7) is 3.38. The molecule has 0 heterocycles. The van der Waals surface area contributed by atoms with Crippen LogP contribution in [0, 0.1) is 11.8 Å². The Morgan fingerprint density at radius 1 is 1.19 bits per heavy atom. The minimum Gasteiger partial charge on any atom is -0.359 e. The first-order valence-corrected chi connectivity index (χ1v) is 6.18. The molecular weight excluding hydrogens is 313 g/mol. The molecule has 1 fully saturated rings. The molecule has 1 rings (SSSR count). The monoisotopic (exact) mass is 339 g/mol. The number of halogens is 1. The van der Waals surface area contributed by atoms with Crippen molar-refractivity contribution < 1.29 is 0 Å². The molecule has 1 aliphatic rings. The van der Waals surface area contributed by atoms with Gasteiger partial charge in [-0.25, -0.2) is 0 Å². The molecule has 1 aliphatic carbocycles. The standard InChI is InChI=1S/C12H25N3.HI/c1-4-10-5-7-11(8-6-10)9-15-12(13-2)14-3;/h10-11H,4-9H2,1-3H3,(H2,13,14,15);1H. The lowest BCUT2D eigenvalue weighted by Gasteiger charge is -2.28. The molecule has 0 aliphatic heterocycles. The molecule has 0 aromatic rings. The third-order valence-corrected chi connectivity index (χ3v) is 3.56. The van der Waals surface area contributed by atoms with Gasteiger partial charge in [0.1, 0.15) is 0 Å². The van der Waals surface area contributed by atoms with Crippen LogP contribution in [0.2, 0.25) is 0 Å². The first kappa shape index (κ1) is 16.0. The predicted octanol–water partition coefficient (Wildman–Crippen LogP) is 2.62. The molecule has 0 saturated heterocycles. The normalized spacial score (nSPS) is 25.8. The summed E-state index contributed by atoms with van der Waals surface area (Å²) in [7, 11) is 3.72. The van der Waals surface area contributed by atoms with Crippen molar-refractivity contribution in [2.24, 2.45) is 16.8 Å². The number of nitrogens with one attached hydrogen (secondary N) is 2. The summed E-state index contributed by atoms with van der Waals surface area (Å²) in [5.74, 6) is 2.75. The fourth-order valence-corrected chi connectivity index (χ4v) is 2.36. The first-order chi connectivity index (χ1) is 7.30. The van der Waals surface area contributed by atoms with Crippen molar-refractivity contribution in [1.29, 1.82) is 0 Å². The summed E-state index contributed by atoms with van der Waals surface area (Å²) in [4.78, 5) is 4.12. The Morgan fingerprint density at radius 2 is 1.75 bits per heavy atom. The van der Waals surface area contributed by atoms with Crippen molar-refractivity contribution >= 4 is 29.9 Å². The summed E-state index contributed by atoms with van der Waals surface area (Å²) >= 11 is 0. The van der Waals surface area contributed by atoms with Crippen molar-refractivity contribution in [2.45, 2.75) is 39.0 Å². The number of guanidine groups is 1. The quantitative estimate of drug-likeness (QED) is 0.471. The molecule has 3 nitrogen and oxygen atoms in total. The van der Waals surface area contributed by atoms with Gasteiger partial charge in [0, 0.05) is 20.6 Å². The van der Waals surface area contributed by atoms with Gasteiger partial charge in [0.05, 0.1) is 0 Å². The van der Waals surface area contributed by atoms with Crippen LogP contribution in [0.1, 0.15) is 39.0 Å². The highest BCUT2D eigenvalue weighted by atomic mass is 127. The minimum atomic E-state index is 0. The van der Waals surface area contributed by atoms with Gasteiger partial charge >= 0.3 is 0 Å². The average molecular weight is 339 g/mol. The number of rotatable bonds is 3. The van der Waals surface area contributed by atoms with Gasteiger partial charge in [0.15, 0.2) is 5.96 Å². The van der Waals surface area contributed by atoms with Crippen LogP contribution in [0.4, 0.5) is 0 Å². The SMILES string of the molecule is CCC1CCC(CNC(=NC)NC)CC1.I. The van der Waals surface area contributed by atoms with E-state index < -0.39 is 0 Å². The molecule has 0 unspecified atom stereocenters. The summed E-state index contributed by atoms with van der Waals surface area (Å²) in [6.07, 6.45) is 6.96. The van der Waals surface area contributed by atoms with E-state index in [-0.39, 0.29) is 24.0 Å². The number of hydrogen-bond donors (Lipinski definition) is 2. The van der Waals surface area contributed by atoms with E-state index in [4.69, 9.17) is 0 Å². The van der Waals surface area contributed by atoms with E-state index in [2.05, 4.69) is 22.5 Å². The fourth-order valence-electron chi connectivity index (χ4n) is 2.36. The maximum atomic E-state index is 4.12. The van der Waals surface area contributed by atoms with E-state index in [9.17, 15) is 0 Å². The van der Waals surface area contributed by atoms with Crippen molar-refractivity contribution in [3.63, 3.8) is 0 Å². The molecule has 1 saturated carbocycles. The second-order valence-electron chi connectivity index (χ2n) is 4.50. The van der Waals surface area contributed by atoms with Crippen LogP contribution in [0.3, 0.4) is 0 Å². The lowest BCUT2D eigenvalue weighted by Crippen LogP contribution is -2.38. The number of hydrogen-bond acceptors (Lipinski definition) is 1. The maximum absolute atomic E-state index is 4.12. The molecule has 0 atom stereocenters. The smallest absolute Gasteiger partial charge is 0.190 e. The van der Waals surface area contributed by atoms with Gasteiger partial charge in [0.2, 0.25) is 0 Å². The van der Waals surface area contributed by atoms with Gasteiger partial charge in [-0.2, -0.15) is 0 Å². The minimum absolute atomic E-state index is 0. The topological polar surface area (TPSA) is 36.4 Å². The lowest BCUT2D eigenvalue weighted by atomic mass is 9.81. The highest BCUT2D eigenvalue weighted by Gasteiger charge is 2.19. The Labute approximate surface area is 117 Å². The van der Waals surface area contributed by atoms with Gasteiger partial charge in [0.25, 0.3) is 0 Å². The molecule has 0 amide bonds. The van der Waals surface area contributed by atoms with Gasteiger partial charge < -0.3 is 10.6 Å². The van der Waals surface area contributed by atoms with Crippen molar-refractivity contribution in [3.05, 3.63) is 0 Å². The summed E-state index contributed by atoms with van der Waals surface area (Å²) in [5.41, 5.74) is 0. The van der Waals surface area contributed by atoms with E-state index in [1.54, 1.807) is 0 Å². The predicted molar refractivity (Wildman–Crippen MR) is 81.6 cm³/mol. The Balaban J connectivity index is 0.00000225. The molecule has 0 bridgehead atoms. The average Bonchev–Trinajstić information content (AvgIpc) is 2.31. The summed E-state index contributed by atoms with van der Waals surface area (Å²) in [6, 6.07) is 0. The van der Waals surface area contributed by atoms with Gasteiger partial charge in [-0.05, 0) is 24.7 Å². The van der Waals surface area contributed by atoms with Crippen LogP contribution in [0.25, 0.3) is 0 Å². The van der Waals surface area contributed by atoms with E-state index >= 15 is 0 Å². The van der Waals surface area contributed by atoms with E-state index in [1.165, 1.54) is 32.1 Å². The largest absolute Gasteiger partial charge is 0.359 e. The van der Waals surface area contributed by atoms with Crippen LogP contribution in [-0.2, 0) is 0 Å². The molecule has 4 heteroatoms. The van der Waals surface area contributed by atoms with Crippen LogP contribution in [0.15, 0.2) is 4.99 Å². The lowest BCUT2D eigenvalue weighted by molar-refractivity contribution is 0.269. The third kappa shape index (κ3) is 5.37. The Morgan fingerprint density at radius 3 is 2.19 bits per heavy atom. The van der Waals surface area contributed by atoms with E-state index in [0.717, 1.165) is 24.3 Å². The van der Waals surface area contributed by atoms with Gasteiger partial charge in [-0.1, -0.05) is 26.2 Å². The van der Waals surface area contributed by atoms with Crippen LogP contribution >= 0.6 is 24.0 Å². The highest BCUT2D eigenvalue weighted by molar-refractivity contribution is 14.0. The van der Waals surface area contributed by atoms with Crippen molar-refractivity contribution in [2.75, 3.05) is 20.6 Å². The first-order valence-electron chi connectivity index (χ1n) is 6.18. The number of aliphatic imine (C=N–C) groups is 1.